The Morgan fingerprint density at radius 1 is 1.50 bits per heavy atom. The summed E-state index contributed by atoms with van der Waals surface area (Å²) in [5, 5.41) is 4.72. The van der Waals surface area contributed by atoms with Crippen molar-refractivity contribution in [1.29, 1.82) is 0 Å². The molecule has 0 bridgehead atoms. The molecule has 1 amide bonds. The van der Waals surface area contributed by atoms with E-state index >= 15 is 0 Å². The summed E-state index contributed by atoms with van der Waals surface area (Å²) in [5.41, 5.74) is 5.96. The number of thiazole rings is 1. The molecule has 0 saturated heterocycles. The molecule has 2 aromatic rings. The van der Waals surface area contributed by atoms with Crippen LogP contribution < -0.4 is 11.1 Å². The van der Waals surface area contributed by atoms with Crippen LogP contribution in [0.15, 0.2) is 23.6 Å². The second kappa shape index (κ2) is 6.06. The van der Waals surface area contributed by atoms with E-state index in [-0.39, 0.29) is 23.8 Å². The normalized spacial score (nSPS) is 12.2. The molecule has 1 aromatic heterocycles. The fourth-order valence-electron chi connectivity index (χ4n) is 1.55. The van der Waals surface area contributed by atoms with E-state index < -0.39 is 17.5 Å². The topological polar surface area (TPSA) is 68.0 Å². The van der Waals surface area contributed by atoms with Crippen molar-refractivity contribution in [2.45, 2.75) is 19.5 Å². The summed E-state index contributed by atoms with van der Waals surface area (Å²) in [5.74, 6) is -1.57. The monoisotopic (exact) mass is 297 g/mol. The van der Waals surface area contributed by atoms with Crippen molar-refractivity contribution in [3.8, 4) is 0 Å². The van der Waals surface area contributed by atoms with Gasteiger partial charge in [0.2, 0.25) is 0 Å². The molecule has 106 valence electrons. The van der Waals surface area contributed by atoms with Crippen molar-refractivity contribution in [1.82, 2.24) is 10.3 Å². The minimum absolute atomic E-state index is 0.0843. The molecule has 7 heteroatoms. The van der Waals surface area contributed by atoms with Gasteiger partial charge < -0.3 is 11.1 Å². The molecule has 20 heavy (non-hydrogen) atoms. The van der Waals surface area contributed by atoms with Crippen LogP contribution in [0.1, 0.15) is 34.0 Å². The van der Waals surface area contributed by atoms with E-state index in [0.717, 1.165) is 18.2 Å². The maximum atomic E-state index is 13.4. The molecular weight excluding hydrogens is 284 g/mol. The van der Waals surface area contributed by atoms with Crippen LogP contribution in [-0.4, -0.2) is 10.9 Å². The number of nitrogens with two attached hydrogens (primary N) is 1. The summed E-state index contributed by atoms with van der Waals surface area (Å²) in [6.07, 6.45) is 0. The first-order valence-corrected chi connectivity index (χ1v) is 6.78. The smallest absolute Gasteiger partial charge is 0.271 e. The highest BCUT2D eigenvalue weighted by Gasteiger charge is 2.13. The molecule has 1 aromatic carbocycles. The molecule has 2 rings (SSSR count). The van der Waals surface area contributed by atoms with Gasteiger partial charge >= 0.3 is 0 Å². The van der Waals surface area contributed by atoms with E-state index in [9.17, 15) is 13.6 Å². The summed E-state index contributed by atoms with van der Waals surface area (Å²) < 4.78 is 26.4. The van der Waals surface area contributed by atoms with Gasteiger partial charge in [0, 0.05) is 17.5 Å². The van der Waals surface area contributed by atoms with E-state index in [1.807, 2.05) is 0 Å². The first-order valence-electron chi connectivity index (χ1n) is 5.90. The quantitative estimate of drug-likeness (QED) is 0.910. The average molecular weight is 297 g/mol. The van der Waals surface area contributed by atoms with Gasteiger partial charge in [-0.25, -0.2) is 13.8 Å². The lowest BCUT2D eigenvalue weighted by Gasteiger charge is -2.05. The van der Waals surface area contributed by atoms with Crippen molar-refractivity contribution >= 4 is 17.2 Å². The van der Waals surface area contributed by atoms with E-state index in [2.05, 4.69) is 10.3 Å². The SMILES string of the molecule is CC(N)c1nc(C(=O)NCc2cc(F)ccc2F)cs1. The van der Waals surface area contributed by atoms with Gasteiger partial charge in [0.15, 0.2) is 0 Å². The molecule has 0 aliphatic rings. The van der Waals surface area contributed by atoms with Gasteiger partial charge in [0.25, 0.3) is 5.91 Å². The van der Waals surface area contributed by atoms with Crippen LogP contribution in [0.25, 0.3) is 0 Å². The van der Waals surface area contributed by atoms with Crippen molar-refractivity contribution in [2.75, 3.05) is 0 Å². The van der Waals surface area contributed by atoms with Gasteiger partial charge in [-0.2, -0.15) is 0 Å². The standard InChI is InChI=1S/C13H13F2N3OS/c1-7(16)13-18-11(6-20-13)12(19)17-5-8-4-9(14)2-3-10(8)15/h2-4,6-7H,5,16H2,1H3,(H,17,19). The number of nitrogens with zero attached hydrogens (tertiary/aromatic N) is 1. The number of halogens is 2. The maximum absolute atomic E-state index is 13.4. The van der Waals surface area contributed by atoms with Crippen molar-refractivity contribution in [3.05, 3.63) is 51.5 Å². The van der Waals surface area contributed by atoms with Crippen LogP contribution in [0.2, 0.25) is 0 Å². The molecule has 4 nitrogen and oxygen atoms in total. The molecule has 0 fully saturated rings. The van der Waals surface area contributed by atoms with Gasteiger partial charge in [-0.3, -0.25) is 4.79 Å². The summed E-state index contributed by atoms with van der Waals surface area (Å²) in [6.45, 7) is 1.66. The second-order valence-corrected chi connectivity index (χ2v) is 5.17. The van der Waals surface area contributed by atoms with Crippen LogP contribution in [0.3, 0.4) is 0 Å². The Bertz CT molecular complexity index is 628. The molecule has 1 heterocycles. The predicted octanol–water partition coefficient (Wildman–Crippen LogP) is 2.37. The average Bonchev–Trinajstić information content (AvgIpc) is 2.89. The van der Waals surface area contributed by atoms with Gasteiger partial charge in [-0.15, -0.1) is 11.3 Å². The molecular formula is C13H13F2N3OS. The molecule has 1 atom stereocenters. The van der Waals surface area contributed by atoms with Crippen LogP contribution in [0.4, 0.5) is 8.78 Å². The highest BCUT2D eigenvalue weighted by atomic mass is 32.1. The number of hydrogen-bond donors (Lipinski definition) is 2. The van der Waals surface area contributed by atoms with E-state index in [0.29, 0.717) is 5.01 Å². The number of amides is 1. The van der Waals surface area contributed by atoms with E-state index in [1.54, 1.807) is 12.3 Å². The summed E-state index contributed by atoms with van der Waals surface area (Å²) in [7, 11) is 0. The lowest BCUT2D eigenvalue weighted by molar-refractivity contribution is 0.0946. The molecule has 0 aliphatic carbocycles. The van der Waals surface area contributed by atoms with Crippen molar-refractivity contribution in [2.24, 2.45) is 5.73 Å². The van der Waals surface area contributed by atoms with Gasteiger partial charge in [-0.1, -0.05) is 0 Å². The van der Waals surface area contributed by atoms with E-state index in [1.165, 1.54) is 11.3 Å². The third-order valence-electron chi connectivity index (χ3n) is 2.59. The van der Waals surface area contributed by atoms with Crippen LogP contribution in [-0.2, 0) is 6.54 Å². The molecule has 1 unspecified atom stereocenters. The van der Waals surface area contributed by atoms with Crippen molar-refractivity contribution < 1.29 is 13.6 Å². The predicted molar refractivity (Wildman–Crippen MR) is 72.2 cm³/mol. The number of nitrogens with one attached hydrogen (secondary N) is 1. The second-order valence-electron chi connectivity index (χ2n) is 4.28. The van der Waals surface area contributed by atoms with Crippen LogP contribution in [0, 0.1) is 11.6 Å². The lowest BCUT2D eigenvalue weighted by Crippen LogP contribution is -2.24. The summed E-state index contributed by atoms with van der Waals surface area (Å²) in [4.78, 5) is 15.9. The molecule has 0 spiro atoms. The third-order valence-corrected chi connectivity index (χ3v) is 3.64. The largest absolute Gasteiger partial charge is 0.346 e. The summed E-state index contributed by atoms with van der Waals surface area (Å²) >= 11 is 1.28. The van der Waals surface area contributed by atoms with E-state index in [4.69, 9.17) is 5.73 Å². The van der Waals surface area contributed by atoms with Crippen molar-refractivity contribution in [3.63, 3.8) is 0 Å². The number of aromatic nitrogens is 1. The number of hydrogen-bond acceptors (Lipinski definition) is 4. The first kappa shape index (κ1) is 14.5. The Kier molecular flexibility index (Phi) is 4.41. The van der Waals surface area contributed by atoms with Gasteiger partial charge in [0.1, 0.15) is 22.3 Å². The fourth-order valence-corrected chi connectivity index (χ4v) is 2.30. The molecule has 0 saturated carbocycles. The number of benzene rings is 1. The molecule has 0 aliphatic heterocycles. The van der Waals surface area contributed by atoms with Gasteiger partial charge in [0.05, 0.1) is 6.04 Å². The molecule has 3 N–H and O–H groups in total. The Hall–Kier alpha value is -1.86. The number of carbonyl (C=O) groups excluding carboxylic acids is 1. The minimum atomic E-state index is -0.568. The number of rotatable bonds is 4. The zero-order valence-electron chi connectivity index (χ0n) is 10.7. The van der Waals surface area contributed by atoms with Crippen LogP contribution in [0.5, 0.6) is 0 Å². The maximum Gasteiger partial charge on any atom is 0.271 e. The zero-order valence-corrected chi connectivity index (χ0v) is 11.5. The highest BCUT2D eigenvalue weighted by Crippen LogP contribution is 2.16. The fraction of sp³-hybridized carbons (Fsp3) is 0.231. The Balaban J connectivity index is 2.02. The highest BCUT2D eigenvalue weighted by molar-refractivity contribution is 7.09. The van der Waals surface area contributed by atoms with Crippen LogP contribution >= 0.6 is 11.3 Å². The minimum Gasteiger partial charge on any atom is -0.346 e. The third kappa shape index (κ3) is 3.37. The molecule has 0 radical (unpaired) electrons. The van der Waals surface area contributed by atoms with Gasteiger partial charge in [-0.05, 0) is 25.1 Å². The number of carbonyl (C=O) groups is 1. The Morgan fingerprint density at radius 3 is 2.90 bits per heavy atom. The Labute approximate surface area is 118 Å². The zero-order chi connectivity index (χ0) is 14.7. The Morgan fingerprint density at radius 2 is 2.25 bits per heavy atom. The lowest BCUT2D eigenvalue weighted by atomic mass is 10.2. The summed E-state index contributed by atoms with van der Waals surface area (Å²) in [6, 6.07) is 2.84. The first-order chi connectivity index (χ1) is 9.47.